The minimum atomic E-state index is -0.642. The second kappa shape index (κ2) is 7.35. The van der Waals surface area contributed by atoms with Gasteiger partial charge in [0, 0.05) is 24.4 Å². The van der Waals surface area contributed by atoms with Crippen LogP contribution in [-0.2, 0) is 4.79 Å². The molecule has 2 N–H and O–H groups in total. The maximum Gasteiger partial charge on any atom is 0.224 e. The van der Waals surface area contributed by atoms with Crippen molar-refractivity contribution in [3.05, 3.63) is 71.1 Å². The van der Waals surface area contributed by atoms with Gasteiger partial charge in [-0.1, -0.05) is 11.6 Å². The lowest BCUT2D eigenvalue weighted by Gasteiger charge is -2.36. The summed E-state index contributed by atoms with van der Waals surface area (Å²) in [6, 6.07) is 8.22. The van der Waals surface area contributed by atoms with Gasteiger partial charge in [-0.15, -0.1) is 0 Å². The molecule has 1 aromatic heterocycles. The number of hydrogen-bond acceptors (Lipinski definition) is 1. The summed E-state index contributed by atoms with van der Waals surface area (Å²) < 4.78 is 41.8. The van der Waals surface area contributed by atoms with Gasteiger partial charge in [0.25, 0.3) is 0 Å². The minimum absolute atomic E-state index is 0.0467. The third-order valence-electron chi connectivity index (χ3n) is 6.11. The zero-order chi connectivity index (χ0) is 20.8. The fraction of sp³-hybridized carbons (Fsp3) is 0.292. The lowest BCUT2D eigenvalue weighted by Crippen LogP contribution is -2.35. The summed E-state index contributed by atoms with van der Waals surface area (Å²) >= 11 is 0. The number of hydrogen-bond donors (Lipinski definition) is 2. The van der Waals surface area contributed by atoms with Crippen molar-refractivity contribution in [2.24, 2.45) is 5.92 Å². The zero-order valence-electron chi connectivity index (χ0n) is 16.3. The monoisotopic (exact) mass is 410 g/mol. The lowest BCUT2D eigenvalue weighted by molar-refractivity contribution is -0.120. The molecule has 1 amide bonds. The van der Waals surface area contributed by atoms with Gasteiger partial charge in [-0.25, -0.2) is 13.2 Å². The molecule has 2 aromatic carbocycles. The first-order valence-corrected chi connectivity index (χ1v) is 10.2. The molecular formula is C24H21F3N2O. The summed E-state index contributed by atoms with van der Waals surface area (Å²) in [4.78, 5) is 15.0. The quantitative estimate of drug-likeness (QED) is 0.512. The van der Waals surface area contributed by atoms with E-state index in [1.165, 1.54) is 23.8 Å². The highest BCUT2D eigenvalue weighted by atomic mass is 19.1. The summed E-state index contributed by atoms with van der Waals surface area (Å²) in [5, 5.41) is 3.51. The number of benzene rings is 2. The number of carbonyl (C=O) groups excluding carboxylic acids is 1. The van der Waals surface area contributed by atoms with Crippen LogP contribution in [0.4, 0.5) is 13.2 Å². The number of rotatable bonds is 6. The van der Waals surface area contributed by atoms with Gasteiger partial charge in [-0.2, -0.15) is 0 Å². The van der Waals surface area contributed by atoms with Crippen LogP contribution >= 0.6 is 0 Å². The molecule has 0 bridgehead atoms. The van der Waals surface area contributed by atoms with E-state index in [4.69, 9.17) is 0 Å². The van der Waals surface area contributed by atoms with Crippen LogP contribution in [0, 0.1) is 23.4 Å². The molecule has 0 unspecified atom stereocenters. The summed E-state index contributed by atoms with van der Waals surface area (Å²) in [5.41, 5.74) is 3.74. The van der Waals surface area contributed by atoms with Gasteiger partial charge in [-0.3, -0.25) is 4.79 Å². The SMILES string of the molecule is O=C(CC1=CC1)NCC1CC(c2c(-c3ccc(F)cc3)[nH]c3c(F)cc(F)cc23)C1. The molecular weight excluding hydrogens is 389 g/mol. The van der Waals surface area contributed by atoms with Gasteiger partial charge in [0.15, 0.2) is 0 Å². The number of allylic oxidation sites excluding steroid dienone is 1. The molecule has 0 atom stereocenters. The Morgan fingerprint density at radius 1 is 1.07 bits per heavy atom. The van der Waals surface area contributed by atoms with E-state index >= 15 is 0 Å². The molecule has 2 aliphatic rings. The molecule has 2 aliphatic carbocycles. The molecule has 154 valence electrons. The summed E-state index contributed by atoms with van der Waals surface area (Å²) in [5.74, 6) is -1.12. The predicted molar refractivity (Wildman–Crippen MR) is 109 cm³/mol. The molecule has 5 rings (SSSR count). The van der Waals surface area contributed by atoms with Crippen LogP contribution in [0.15, 0.2) is 48.0 Å². The van der Waals surface area contributed by atoms with Crippen LogP contribution in [0.25, 0.3) is 22.2 Å². The van der Waals surface area contributed by atoms with Gasteiger partial charge < -0.3 is 10.3 Å². The van der Waals surface area contributed by atoms with Crippen molar-refractivity contribution in [2.45, 2.75) is 31.6 Å². The maximum atomic E-state index is 14.4. The molecule has 3 nitrogen and oxygen atoms in total. The van der Waals surface area contributed by atoms with Crippen molar-refractivity contribution < 1.29 is 18.0 Å². The van der Waals surface area contributed by atoms with Gasteiger partial charge in [0.05, 0.1) is 11.2 Å². The fourth-order valence-electron chi connectivity index (χ4n) is 4.39. The molecule has 0 aliphatic heterocycles. The molecule has 0 spiro atoms. The molecule has 1 heterocycles. The number of carbonyl (C=O) groups is 1. The number of nitrogens with one attached hydrogen (secondary N) is 2. The van der Waals surface area contributed by atoms with E-state index in [2.05, 4.69) is 10.3 Å². The number of H-pyrrole nitrogens is 1. The van der Waals surface area contributed by atoms with Crippen LogP contribution in [-0.4, -0.2) is 17.4 Å². The third kappa shape index (κ3) is 3.62. The van der Waals surface area contributed by atoms with Gasteiger partial charge >= 0.3 is 0 Å². The van der Waals surface area contributed by atoms with E-state index in [1.54, 1.807) is 12.1 Å². The van der Waals surface area contributed by atoms with Crippen molar-refractivity contribution in [1.29, 1.82) is 0 Å². The molecule has 3 aromatic rings. The van der Waals surface area contributed by atoms with E-state index in [9.17, 15) is 18.0 Å². The van der Waals surface area contributed by atoms with Crippen LogP contribution in [0.3, 0.4) is 0 Å². The molecule has 0 radical (unpaired) electrons. The Morgan fingerprint density at radius 3 is 2.50 bits per heavy atom. The molecule has 1 saturated carbocycles. The third-order valence-corrected chi connectivity index (χ3v) is 6.11. The van der Waals surface area contributed by atoms with E-state index in [1.807, 2.05) is 6.08 Å². The predicted octanol–water partition coefficient (Wildman–Crippen LogP) is 5.58. The van der Waals surface area contributed by atoms with Crippen molar-refractivity contribution in [1.82, 2.24) is 10.3 Å². The van der Waals surface area contributed by atoms with Crippen molar-refractivity contribution in [2.75, 3.05) is 6.54 Å². The number of amides is 1. The normalized spacial score (nSPS) is 20.0. The summed E-state index contributed by atoms with van der Waals surface area (Å²) in [6.45, 7) is 0.611. The van der Waals surface area contributed by atoms with E-state index in [0.29, 0.717) is 30.0 Å². The number of fused-ring (bicyclic) bond motifs is 1. The van der Waals surface area contributed by atoms with Crippen molar-refractivity contribution >= 4 is 16.8 Å². The van der Waals surface area contributed by atoms with Crippen molar-refractivity contribution in [3.63, 3.8) is 0 Å². The van der Waals surface area contributed by atoms with Gasteiger partial charge in [-0.05, 0) is 72.6 Å². The highest BCUT2D eigenvalue weighted by Gasteiger charge is 2.34. The smallest absolute Gasteiger partial charge is 0.224 e. The number of halogens is 3. The van der Waals surface area contributed by atoms with Crippen LogP contribution < -0.4 is 5.32 Å². The Kier molecular flexibility index (Phi) is 4.65. The highest BCUT2D eigenvalue weighted by Crippen LogP contribution is 2.48. The van der Waals surface area contributed by atoms with Crippen molar-refractivity contribution in [3.8, 4) is 11.3 Å². The second-order valence-corrected chi connectivity index (χ2v) is 8.31. The first kappa shape index (κ1) is 19.0. The molecule has 1 fully saturated rings. The second-order valence-electron chi connectivity index (χ2n) is 8.31. The van der Waals surface area contributed by atoms with Crippen LogP contribution in [0.1, 0.15) is 37.2 Å². The Hall–Kier alpha value is -3.02. The van der Waals surface area contributed by atoms with E-state index in [0.717, 1.165) is 36.5 Å². The first-order valence-electron chi connectivity index (χ1n) is 10.2. The standard InChI is InChI=1S/C24H21F3N2O/c25-17-5-3-15(4-6-17)23-22(19-10-18(26)11-20(27)24(19)29-23)16-7-14(8-16)12-28-21(30)9-13-1-2-13/h1,3-6,10-11,14,16,29H,2,7-9,12H2,(H,28,30). The Bertz CT molecular complexity index is 1160. The largest absolute Gasteiger partial charge is 0.356 e. The number of aromatic nitrogens is 1. The topological polar surface area (TPSA) is 44.9 Å². The Balaban J connectivity index is 1.40. The molecule has 6 heteroatoms. The highest BCUT2D eigenvalue weighted by molar-refractivity contribution is 5.92. The van der Waals surface area contributed by atoms with Gasteiger partial charge in [0.1, 0.15) is 17.5 Å². The summed E-state index contributed by atoms with van der Waals surface area (Å²) in [7, 11) is 0. The van der Waals surface area contributed by atoms with E-state index in [-0.39, 0.29) is 23.2 Å². The number of aromatic amines is 1. The summed E-state index contributed by atoms with van der Waals surface area (Å²) in [6.07, 6.45) is 5.11. The lowest BCUT2D eigenvalue weighted by atomic mass is 9.70. The van der Waals surface area contributed by atoms with Crippen LogP contribution in [0.5, 0.6) is 0 Å². The minimum Gasteiger partial charge on any atom is -0.356 e. The average molecular weight is 410 g/mol. The van der Waals surface area contributed by atoms with Gasteiger partial charge in [0.2, 0.25) is 5.91 Å². The molecule has 0 saturated heterocycles. The van der Waals surface area contributed by atoms with E-state index < -0.39 is 11.6 Å². The fourth-order valence-corrected chi connectivity index (χ4v) is 4.39. The Morgan fingerprint density at radius 2 is 1.80 bits per heavy atom. The first-order chi connectivity index (χ1) is 14.5. The maximum absolute atomic E-state index is 14.4. The average Bonchev–Trinajstić information content (AvgIpc) is 3.40. The van der Waals surface area contributed by atoms with Crippen LogP contribution in [0.2, 0.25) is 0 Å². The molecule has 30 heavy (non-hydrogen) atoms. The Labute approximate surface area is 172 Å². The zero-order valence-corrected chi connectivity index (χ0v) is 16.3.